The molecular formula is C11H13N3. The van der Waals surface area contributed by atoms with Gasteiger partial charge in [0.15, 0.2) is 5.96 Å². The third-order valence-corrected chi connectivity index (χ3v) is 1.54. The van der Waals surface area contributed by atoms with Crippen LogP contribution in [-0.2, 0) is 0 Å². The van der Waals surface area contributed by atoms with Crippen molar-refractivity contribution in [1.82, 2.24) is 0 Å². The van der Waals surface area contributed by atoms with Gasteiger partial charge in [-0.3, -0.25) is 4.99 Å². The summed E-state index contributed by atoms with van der Waals surface area (Å²) >= 11 is 0. The van der Waals surface area contributed by atoms with Crippen molar-refractivity contribution in [3.63, 3.8) is 0 Å². The molecule has 0 fully saturated rings. The number of hydrogen-bond acceptors (Lipinski definition) is 1. The molecule has 0 aromatic heterocycles. The maximum atomic E-state index is 5.17. The van der Waals surface area contributed by atoms with E-state index in [1.807, 2.05) is 30.3 Å². The van der Waals surface area contributed by atoms with E-state index < -0.39 is 0 Å². The summed E-state index contributed by atoms with van der Waals surface area (Å²) < 4.78 is 0. The number of aliphatic imine (C=N–C) groups is 1. The maximum absolute atomic E-state index is 5.17. The first kappa shape index (κ1) is 10.1. The van der Waals surface area contributed by atoms with E-state index in [-0.39, 0.29) is 5.96 Å². The number of hydrogen-bond donors (Lipinski definition) is 2. The zero-order valence-electron chi connectivity index (χ0n) is 7.90. The van der Waals surface area contributed by atoms with Gasteiger partial charge in [0.05, 0.1) is 6.54 Å². The van der Waals surface area contributed by atoms with Crippen LogP contribution in [-0.4, -0.2) is 12.5 Å². The second-order valence-corrected chi connectivity index (χ2v) is 2.72. The van der Waals surface area contributed by atoms with Crippen molar-refractivity contribution in [2.45, 2.75) is 6.42 Å². The number of benzene rings is 1. The largest absolute Gasteiger partial charge is 0.370 e. The summed E-state index contributed by atoms with van der Waals surface area (Å²) in [6.07, 6.45) is 0.673. The Morgan fingerprint density at radius 2 is 1.93 bits per heavy atom. The van der Waals surface area contributed by atoms with Crippen LogP contribution in [0.4, 0.5) is 0 Å². The first-order valence-electron chi connectivity index (χ1n) is 4.38. The number of guanidine groups is 1. The molecule has 0 saturated heterocycles. The highest BCUT2D eigenvalue weighted by atomic mass is 15.0. The van der Waals surface area contributed by atoms with Crippen LogP contribution in [0.15, 0.2) is 35.3 Å². The summed E-state index contributed by atoms with van der Waals surface area (Å²) in [6, 6.07) is 9.81. The molecule has 0 spiro atoms. The van der Waals surface area contributed by atoms with Gasteiger partial charge in [-0.25, -0.2) is 0 Å². The van der Waals surface area contributed by atoms with Crippen LogP contribution in [0.1, 0.15) is 12.0 Å². The normalized spacial score (nSPS) is 8.57. The van der Waals surface area contributed by atoms with Crippen molar-refractivity contribution in [2.24, 2.45) is 16.5 Å². The Morgan fingerprint density at radius 3 is 2.57 bits per heavy atom. The summed E-state index contributed by atoms with van der Waals surface area (Å²) in [6.45, 7) is 0.558. The van der Waals surface area contributed by atoms with Gasteiger partial charge < -0.3 is 11.5 Å². The summed E-state index contributed by atoms with van der Waals surface area (Å²) in [5, 5.41) is 0. The first-order valence-corrected chi connectivity index (χ1v) is 4.38. The van der Waals surface area contributed by atoms with Crippen molar-refractivity contribution in [3.8, 4) is 11.8 Å². The van der Waals surface area contributed by atoms with Gasteiger partial charge in [-0.05, 0) is 12.1 Å². The lowest BCUT2D eigenvalue weighted by Gasteiger charge is -1.88. The fourth-order valence-electron chi connectivity index (χ4n) is 0.927. The van der Waals surface area contributed by atoms with Crippen molar-refractivity contribution in [2.75, 3.05) is 6.54 Å². The van der Waals surface area contributed by atoms with E-state index >= 15 is 0 Å². The average Bonchev–Trinajstić information content (AvgIpc) is 2.18. The molecule has 0 aliphatic carbocycles. The van der Waals surface area contributed by atoms with E-state index in [4.69, 9.17) is 11.5 Å². The Morgan fingerprint density at radius 1 is 1.21 bits per heavy atom. The van der Waals surface area contributed by atoms with E-state index in [2.05, 4.69) is 16.8 Å². The molecule has 1 rings (SSSR count). The van der Waals surface area contributed by atoms with Crippen LogP contribution in [0.2, 0.25) is 0 Å². The molecule has 0 saturated carbocycles. The molecule has 1 aromatic rings. The van der Waals surface area contributed by atoms with Crippen LogP contribution in [0.25, 0.3) is 0 Å². The Hall–Kier alpha value is -1.95. The first-order chi connectivity index (χ1) is 6.79. The molecule has 14 heavy (non-hydrogen) atoms. The van der Waals surface area contributed by atoms with Crippen molar-refractivity contribution in [3.05, 3.63) is 35.9 Å². The number of nitrogens with zero attached hydrogens (tertiary/aromatic N) is 1. The highest BCUT2D eigenvalue weighted by Gasteiger charge is 1.82. The summed E-state index contributed by atoms with van der Waals surface area (Å²) in [5.74, 6) is 6.12. The SMILES string of the molecule is NC(N)=NCCC#Cc1ccccc1. The van der Waals surface area contributed by atoms with Crippen molar-refractivity contribution >= 4 is 5.96 Å². The van der Waals surface area contributed by atoms with E-state index in [0.29, 0.717) is 13.0 Å². The lowest BCUT2D eigenvalue weighted by Crippen LogP contribution is -2.22. The van der Waals surface area contributed by atoms with Crippen LogP contribution in [0, 0.1) is 11.8 Å². The van der Waals surface area contributed by atoms with E-state index in [1.165, 1.54) is 0 Å². The fraction of sp³-hybridized carbons (Fsp3) is 0.182. The minimum atomic E-state index is 0.117. The van der Waals surface area contributed by atoms with Crippen LogP contribution < -0.4 is 11.5 Å². The van der Waals surface area contributed by atoms with E-state index in [9.17, 15) is 0 Å². The topological polar surface area (TPSA) is 64.4 Å². The Labute approximate surface area is 83.8 Å². The third-order valence-electron chi connectivity index (χ3n) is 1.54. The van der Waals surface area contributed by atoms with Gasteiger partial charge in [0.25, 0.3) is 0 Å². The van der Waals surface area contributed by atoms with Crippen LogP contribution in [0.5, 0.6) is 0 Å². The fourth-order valence-corrected chi connectivity index (χ4v) is 0.927. The standard InChI is InChI=1S/C11H13N3/c12-11(13)14-9-5-4-8-10-6-2-1-3-7-10/h1-3,6-7H,5,9H2,(H4,12,13,14). The maximum Gasteiger partial charge on any atom is 0.185 e. The van der Waals surface area contributed by atoms with E-state index in [1.54, 1.807) is 0 Å². The predicted octanol–water partition coefficient (Wildman–Crippen LogP) is 0.702. The average molecular weight is 187 g/mol. The zero-order chi connectivity index (χ0) is 10.2. The third kappa shape index (κ3) is 4.17. The Balaban J connectivity index is 2.38. The highest BCUT2D eigenvalue weighted by Crippen LogP contribution is 1.94. The second-order valence-electron chi connectivity index (χ2n) is 2.72. The van der Waals surface area contributed by atoms with Crippen molar-refractivity contribution in [1.29, 1.82) is 0 Å². The second kappa shape index (κ2) is 5.65. The molecule has 0 bridgehead atoms. The Bertz CT molecular complexity index is 353. The lowest BCUT2D eigenvalue weighted by molar-refractivity contribution is 1.02. The Kier molecular flexibility index (Phi) is 4.09. The van der Waals surface area contributed by atoms with Gasteiger partial charge in [-0.1, -0.05) is 30.0 Å². The minimum Gasteiger partial charge on any atom is -0.370 e. The van der Waals surface area contributed by atoms with Crippen LogP contribution in [0.3, 0.4) is 0 Å². The van der Waals surface area contributed by atoms with Crippen molar-refractivity contribution < 1.29 is 0 Å². The predicted molar refractivity (Wildman–Crippen MR) is 58.6 cm³/mol. The summed E-state index contributed by atoms with van der Waals surface area (Å²) in [4.78, 5) is 3.83. The molecule has 1 aromatic carbocycles. The number of rotatable bonds is 2. The van der Waals surface area contributed by atoms with Gasteiger partial charge >= 0.3 is 0 Å². The molecule has 3 nitrogen and oxygen atoms in total. The van der Waals surface area contributed by atoms with Crippen LogP contribution >= 0.6 is 0 Å². The zero-order valence-corrected chi connectivity index (χ0v) is 7.90. The molecule has 0 heterocycles. The quantitative estimate of drug-likeness (QED) is 0.310. The lowest BCUT2D eigenvalue weighted by atomic mass is 10.2. The number of nitrogens with two attached hydrogens (primary N) is 2. The van der Waals surface area contributed by atoms with Gasteiger partial charge in [0.1, 0.15) is 0 Å². The molecule has 72 valence electrons. The molecule has 0 aliphatic heterocycles. The molecule has 0 unspecified atom stereocenters. The van der Waals surface area contributed by atoms with Gasteiger partial charge in [0.2, 0.25) is 0 Å². The minimum absolute atomic E-state index is 0.117. The molecule has 4 N–H and O–H groups in total. The molecule has 3 heteroatoms. The van der Waals surface area contributed by atoms with Gasteiger partial charge in [0, 0.05) is 12.0 Å². The molecular weight excluding hydrogens is 174 g/mol. The summed E-state index contributed by atoms with van der Waals surface area (Å²) in [7, 11) is 0. The molecule has 0 atom stereocenters. The smallest absolute Gasteiger partial charge is 0.185 e. The van der Waals surface area contributed by atoms with E-state index in [0.717, 1.165) is 5.56 Å². The summed E-state index contributed by atoms with van der Waals surface area (Å²) in [5.41, 5.74) is 11.3. The molecule has 0 radical (unpaired) electrons. The molecule has 0 aliphatic rings. The van der Waals surface area contributed by atoms with Gasteiger partial charge in [-0.15, -0.1) is 0 Å². The molecule has 0 amide bonds. The van der Waals surface area contributed by atoms with Gasteiger partial charge in [-0.2, -0.15) is 0 Å². The monoisotopic (exact) mass is 187 g/mol. The highest BCUT2D eigenvalue weighted by molar-refractivity contribution is 5.75.